The summed E-state index contributed by atoms with van der Waals surface area (Å²) in [5.41, 5.74) is 6.49. The van der Waals surface area contributed by atoms with Gasteiger partial charge in [0.05, 0.1) is 35.5 Å². The molecule has 0 aliphatic carbocycles. The van der Waals surface area contributed by atoms with E-state index in [1.54, 1.807) is 13.2 Å². The number of halogens is 1. The molecular formula is C17H24ClN3O3. The SMILES string of the molecule is C=CCN1CCC(NC(=O)c2cc(Cl)c(N)cc2OC)C(OC)C1. The highest BCUT2D eigenvalue weighted by Gasteiger charge is 2.30. The number of hydrogen-bond donors (Lipinski definition) is 2. The first-order chi connectivity index (χ1) is 11.5. The van der Waals surface area contributed by atoms with Gasteiger partial charge < -0.3 is 20.5 Å². The third-order valence-corrected chi connectivity index (χ3v) is 4.54. The molecule has 2 unspecified atom stereocenters. The van der Waals surface area contributed by atoms with Gasteiger partial charge in [0, 0.05) is 32.8 Å². The zero-order valence-electron chi connectivity index (χ0n) is 14.0. The van der Waals surface area contributed by atoms with Crippen molar-refractivity contribution < 1.29 is 14.3 Å². The summed E-state index contributed by atoms with van der Waals surface area (Å²) in [6.45, 7) is 6.18. The van der Waals surface area contributed by atoms with Gasteiger partial charge in [0.25, 0.3) is 5.91 Å². The molecule has 1 aromatic rings. The van der Waals surface area contributed by atoms with Crippen molar-refractivity contribution in [1.82, 2.24) is 10.2 Å². The highest BCUT2D eigenvalue weighted by molar-refractivity contribution is 6.33. The lowest BCUT2D eigenvalue weighted by Crippen LogP contribution is -2.54. The number of piperidine rings is 1. The van der Waals surface area contributed by atoms with Gasteiger partial charge in [0.15, 0.2) is 0 Å². The Balaban J connectivity index is 2.11. The summed E-state index contributed by atoms with van der Waals surface area (Å²) in [5, 5.41) is 3.35. The van der Waals surface area contributed by atoms with Gasteiger partial charge in [0.1, 0.15) is 5.75 Å². The Hall–Kier alpha value is -1.76. The number of likely N-dealkylation sites (tertiary alicyclic amines) is 1. The number of amides is 1. The zero-order valence-corrected chi connectivity index (χ0v) is 14.8. The molecule has 0 bridgehead atoms. The maximum Gasteiger partial charge on any atom is 0.255 e. The Bertz CT molecular complexity index is 609. The maximum absolute atomic E-state index is 12.6. The van der Waals surface area contributed by atoms with Crippen LogP contribution in [0.1, 0.15) is 16.8 Å². The molecule has 132 valence electrons. The topological polar surface area (TPSA) is 76.8 Å². The standard InChI is InChI=1S/C17H24ClN3O3/c1-4-6-21-7-5-14(16(10-21)24-3)20-17(22)11-8-12(18)13(19)9-15(11)23-2/h4,8-9,14,16H,1,5-7,10,19H2,2-3H3,(H,20,22). The molecule has 1 saturated heterocycles. The maximum atomic E-state index is 12.6. The van der Waals surface area contributed by atoms with Crippen molar-refractivity contribution in [3.8, 4) is 5.75 Å². The average Bonchev–Trinajstić information content (AvgIpc) is 2.58. The lowest BCUT2D eigenvalue weighted by atomic mass is 10.0. The monoisotopic (exact) mass is 353 g/mol. The van der Waals surface area contributed by atoms with E-state index in [4.69, 9.17) is 26.8 Å². The van der Waals surface area contributed by atoms with Gasteiger partial charge in [0.2, 0.25) is 0 Å². The van der Waals surface area contributed by atoms with E-state index in [9.17, 15) is 4.79 Å². The fraction of sp³-hybridized carbons (Fsp3) is 0.471. The molecule has 24 heavy (non-hydrogen) atoms. The molecule has 0 radical (unpaired) electrons. The lowest BCUT2D eigenvalue weighted by molar-refractivity contribution is 0.00988. The minimum absolute atomic E-state index is 0.0791. The van der Waals surface area contributed by atoms with Crippen LogP contribution in [-0.2, 0) is 4.74 Å². The number of nitrogen functional groups attached to an aromatic ring is 1. The molecule has 2 atom stereocenters. The first kappa shape index (κ1) is 18.6. The van der Waals surface area contributed by atoms with E-state index in [2.05, 4.69) is 16.8 Å². The van der Waals surface area contributed by atoms with E-state index >= 15 is 0 Å². The van der Waals surface area contributed by atoms with Crippen molar-refractivity contribution in [2.75, 3.05) is 39.6 Å². The summed E-state index contributed by atoms with van der Waals surface area (Å²) in [4.78, 5) is 14.9. The molecule has 1 fully saturated rings. The molecule has 0 saturated carbocycles. The second-order valence-electron chi connectivity index (χ2n) is 5.77. The molecular weight excluding hydrogens is 330 g/mol. The van der Waals surface area contributed by atoms with Gasteiger partial charge in [-0.25, -0.2) is 0 Å². The van der Waals surface area contributed by atoms with Gasteiger partial charge in [-0.3, -0.25) is 9.69 Å². The Morgan fingerprint density at radius 1 is 1.54 bits per heavy atom. The predicted molar refractivity (Wildman–Crippen MR) is 95.7 cm³/mol. The van der Waals surface area contributed by atoms with E-state index in [0.29, 0.717) is 22.0 Å². The number of rotatable bonds is 6. The Kier molecular flexibility index (Phi) is 6.48. The Morgan fingerprint density at radius 2 is 2.29 bits per heavy atom. The number of carbonyl (C=O) groups is 1. The summed E-state index contributed by atoms with van der Waals surface area (Å²) in [6, 6.07) is 3.00. The molecule has 2 rings (SSSR count). The van der Waals surface area contributed by atoms with Crippen LogP contribution < -0.4 is 15.8 Å². The minimum atomic E-state index is -0.252. The summed E-state index contributed by atoms with van der Waals surface area (Å²) in [7, 11) is 3.15. The summed E-state index contributed by atoms with van der Waals surface area (Å²) >= 11 is 6.04. The molecule has 6 nitrogen and oxygen atoms in total. The van der Waals surface area contributed by atoms with E-state index < -0.39 is 0 Å². The second-order valence-corrected chi connectivity index (χ2v) is 6.17. The van der Waals surface area contributed by atoms with Crippen LogP contribution in [0.5, 0.6) is 5.75 Å². The minimum Gasteiger partial charge on any atom is -0.496 e. The molecule has 3 N–H and O–H groups in total. The zero-order chi connectivity index (χ0) is 17.7. The van der Waals surface area contributed by atoms with Crippen molar-refractivity contribution in [3.63, 3.8) is 0 Å². The second kappa shape index (κ2) is 8.37. The highest BCUT2D eigenvalue weighted by Crippen LogP contribution is 2.29. The number of nitrogens with two attached hydrogens (primary N) is 1. The smallest absolute Gasteiger partial charge is 0.255 e. The fourth-order valence-corrected chi connectivity index (χ4v) is 3.06. The molecule has 1 aliphatic heterocycles. The molecule has 7 heteroatoms. The number of benzene rings is 1. The number of nitrogens with zero attached hydrogens (tertiary/aromatic N) is 1. The number of carbonyl (C=O) groups excluding carboxylic acids is 1. The van der Waals surface area contributed by atoms with Crippen molar-refractivity contribution in [3.05, 3.63) is 35.4 Å². The van der Waals surface area contributed by atoms with Crippen LogP contribution in [0, 0.1) is 0 Å². The van der Waals surface area contributed by atoms with Gasteiger partial charge >= 0.3 is 0 Å². The predicted octanol–water partition coefficient (Wildman–Crippen LogP) is 1.94. The van der Waals surface area contributed by atoms with Crippen molar-refractivity contribution in [1.29, 1.82) is 0 Å². The van der Waals surface area contributed by atoms with Gasteiger partial charge in [-0.15, -0.1) is 6.58 Å². The van der Waals surface area contributed by atoms with E-state index in [1.807, 2.05) is 6.08 Å². The third kappa shape index (κ3) is 4.20. The summed E-state index contributed by atoms with van der Waals surface area (Å²) < 4.78 is 10.8. The summed E-state index contributed by atoms with van der Waals surface area (Å²) in [5.74, 6) is 0.144. The Labute approximate surface area is 147 Å². The number of hydrogen-bond acceptors (Lipinski definition) is 5. The number of anilines is 1. The summed E-state index contributed by atoms with van der Waals surface area (Å²) in [6.07, 6.45) is 2.58. The number of nitrogens with one attached hydrogen (secondary N) is 1. The largest absolute Gasteiger partial charge is 0.496 e. The van der Waals surface area contributed by atoms with Crippen molar-refractivity contribution >= 4 is 23.2 Å². The van der Waals surface area contributed by atoms with Crippen LogP contribution in [0.15, 0.2) is 24.8 Å². The van der Waals surface area contributed by atoms with Crippen LogP contribution in [0.2, 0.25) is 5.02 Å². The third-order valence-electron chi connectivity index (χ3n) is 4.21. The van der Waals surface area contributed by atoms with Gasteiger partial charge in [-0.05, 0) is 12.5 Å². The molecule has 1 amide bonds. The van der Waals surface area contributed by atoms with Gasteiger partial charge in [-0.2, -0.15) is 0 Å². The molecule has 1 aromatic carbocycles. The van der Waals surface area contributed by atoms with Crippen LogP contribution in [0.3, 0.4) is 0 Å². The van der Waals surface area contributed by atoms with Crippen molar-refractivity contribution in [2.24, 2.45) is 0 Å². The average molecular weight is 354 g/mol. The van der Waals surface area contributed by atoms with Crippen LogP contribution >= 0.6 is 11.6 Å². The van der Waals surface area contributed by atoms with E-state index in [0.717, 1.165) is 26.1 Å². The van der Waals surface area contributed by atoms with Gasteiger partial charge in [-0.1, -0.05) is 17.7 Å². The molecule has 1 aliphatic rings. The van der Waals surface area contributed by atoms with E-state index in [1.165, 1.54) is 13.2 Å². The van der Waals surface area contributed by atoms with Crippen molar-refractivity contribution in [2.45, 2.75) is 18.6 Å². The van der Waals surface area contributed by atoms with Crippen LogP contribution in [-0.4, -0.2) is 56.8 Å². The molecule has 0 spiro atoms. The van der Waals surface area contributed by atoms with Crippen LogP contribution in [0.4, 0.5) is 5.69 Å². The Morgan fingerprint density at radius 3 is 2.92 bits per heavy atom. The van der Waals surface area contributed by atoms with Crippen LogP contribution in [0.25, 0.3) is 0 Å². The normalized spacial score (nSPS) is 21.3. The first-order valence-corrected chi connectivity index (χ1v) is 8.17. The fourth-order valence-electron chi connectivity index (χ4n) is 2.89. The number of methoxy groups -OCH3 is 2. The molecule has 1 heterocycles. The van der Waals surface area contributed by atoms with E-state index in [-0.39, 0.29) is 18.1 Å². The highest BCUT2D eigenvalue weighted by atomic mass is 35.5. The lowest BCUT2D eigenvalue weighted by Gasteiger charge is -2.37. The quantitative estimate of drug-likeness (QED) is 0.603. The first-order valence-electron chi connectivity index (χ1n) is 7.80. The molecule has 0 aromatic heterocycles. The number of ether oxygens (including phenoxy) is 2.